The minimum absolute atomic E-state index is 0. The largest absolute Gasteiger partial charge is 1.00 e. The van der Waals surface area contributed by atoms with Crippen molar-refractivity contribution in [1.29, 1.82) is 0 Å². The van der Waals surface area contributed by atoms with Gasteiger partial charge in [-0.25, -0.2) is 0 Å². The van der Waals surface area contributed by atoms with Gasteiger partial charge in [0.1, 0.15) is 0 Å². The maximum atomic E-state index is 12.2. The van der Waals surface area contributed by atoms with Crippen LogP contribution in [-0.2, 0) is 4.74 Å². The van der Waals surface area contributed by atoms with Crippen LogP contribution in [0.2, 0.25) is 0 Å². The van der Waals surface area contributed by atoms with Crippen molar-refractivity contribution < 1.29 is 34.9 Å². The van der Waals surface area contributed by atoms with Gasteiger partial charge in [0, 0.05) is 13.2 Å². The van der Waals surface area contributed by atoms with Gasteiger partial charge in [0.25, 0.3) is 0 Å². The molecule has 1 nitrogen and oxygen atoms in total. The molecule has 6 heteroatoms. The SMILES string of the molecule is C1CCOC1.Fc1c[c]([Mg+])cc(F)c1F.[Br-]. The Labute approximate surface area is 116 Å². The van der Waals surface area contributed by atoms with Crippen LogP contribution in [0.1, 0.15) is 12.8 Å². The molecule has 1 aliphatic rings. The molecule has 16 heavy (non-hydrogen) atoms. The smallest absolute Gasteiger partial charge is 1.00 e. The predicted molar refractivity (Wildman–Crippen MR) is 51.8 cm³/mol. The van der Waals surface area contributed by atoms with Crippen molar-refractivity contribution in [3.8, 4) is 0 Å². The van der Waals surface area contributed by atoms with Crippen molar-refractivity contribution in [2.24, 2.45) is 0 Å². The third-order valence-corrected chi connectivity index (χ3v) is 2.28. The summed E-state index contributed by atoms with van der Waals surface area (Å²) in [5.74, 6) is -3.68. The quantitative estimate of drug-likeness (QED) is 0.428. The van der Waals surface area contributed by atoms with Crippen molar-refractivity contribution >= 4 is 25.4 Å². The molecule has 0 saturated carbocycles. The third kappa shape index (κ3) is 5.52. The molecular weight excluding hydrogens is 297 g/mol. The molecule has 1 saturated heterocycles. The monoisotopic (exact) mass is 306 g/mol. The number of ether oxygens (including phenoxy) is 1. The maximum absolute atomic E-state index is 12.2. The summed E-state index contributed by atoms with van der Waals surface area (Å²) < 4.78 is 42.0. The number of hydrogen-bond acceptors (Lipinski definition) is 1. The van der Waals surface area contributed by atoms with Gasteiger partial charge in [0.05, 0.1) is 0 Å². The van der Waals surface area contributed by atoms with E-state index in [0.717, 1.165) is 25.3 Å². The zero-order valence-corrected chi connectivity index (χ0v) is 11.6. The minimum atomic E-state index is -1.41. The molecule has 0 N–H and O–H groups in total. The Morgan fingerprint density at radius 2 is 1.44 bits per heavy atom. The molecule has 0 atom stereocenters. The molecule has 0 radical (unpaired) electrons. The van der Waals surface area contributed by atoms with Crippen molar-refractivity contribution in [2.45, 2.75) is 12.8 Å². The van der Waals surface area contributed by atoms with E-state index in [1.54, 1.807) is 0 Å². The molecule has 0 spiro atoms. The zero-order chi connectivity index (χ0) is 11.3. The number of benzene rings is 1. The van der Waals surface area contributed by atoms with Gasteiger partial charge in [-0.15, -0.1) is 0 Å². The van der Waals surface area contributed by atoms with E-state index < -0.39 is 17.5 Å². The number of hydrogen-bond donors (Lipinski definition) is 0. The average Bonchev–Trinajstić information content (AvgIpc) is 2.71. The van der Waals surface area contributed by atoms with Gasteiger partial charge in [-0.2, -0.15) is 0 Å². The summed E-state index contributed by atoms with van der Waals surface area (Å²) in [5.41, 5.74) is 0. The van der Waals surface area contributed by atoms with Crippen LogP contribution in [0.5, 0.6) is 0 Å². The summed E-state index contributed by atoms with van der Waals surface area (Å²) in [4.78, 5) is 0. The molecule has 0 aromatic heterocycles. The molecule has 1 fully saturated rings. The molecule has 0 unspecified atom stereocenters. The van der Waals surface area contributed by atoms with Gasteiger partial charge in [-0.1, -0.05) is 0 Å². The van der Waals surface area contributed by atoms with Crippen LogP contribution in [0.25, 0.3) is 0 Å². The topological polar surface area (TPSA) is 9.23 Å². The average molecular weight is 307 g/mol. The summed E-state index contributed by atoms with van der Waals surface area (Å²) in [6, 6.07) is 1.91. The molecule has 1 heterocycles. The third-order valence-electron chi connectivity index (χ3n) is 1.87. The summed E-state index contributed by atoms with van der Waals surface area (Å²) >= 11 is 1.30. The van der Waals surface area contributed by atoms with Crippen LogP contribution in [-0.4, -0.2) is 34.9 Å². The second-order valence-corrected chi connectivity index (χ2v) is 4.01. The fraction of sp³-hybridized carbons (Fsp3) is 0.400. The first kappa shape index (κ1) is 16.2. The Kier molecular flexibility index (Phi) is 8.44. The van der Waals surface area contributed by atoms with Crippen molar-refractivity contribution in [1.82, 2.24) is 0 Å². The van der Waals surface area contributed by atoms with E-state index in [-0.39, 0.29) is 17.0 Å². The standard InChI is InChI=1S/C6H2F3.C4H8O.BrH.Mg/c7-4-2-1-3-5(8)6(4)9;1-2-4-5-3-1;;/h2-3H;1-4H2;1H;/q;;;+1/p-1. The van der Waals surface area contributed by atoms with Gasteiger partial charge in [-0.05, 0) is 12.8 Å². The number of rotatable bonds is 0. The summed E-state index contributed by atoms with van der Waals surface area (Å²) in [7, 11) is 0. The maximum Gasteiger partial charge on any atom is -1.00 e. The van der Waals surface area contributed by atoms with E-state index in [1.807, 2.05) is 0 Å². The molecule has 2 rings (SSSR count). The minimum Gasteiger partial charge on any atom is -1.00 e. The van der Waals surface area contributed by atoms with Gasteiger partial charge in [0.15, 0.2) is 0 Å². The van der Waals surface area contributed by atoms with Crippen molar-refractivity contribution in [3.05, 3.63) is 29.6 Å². The molecule has 0 bridgehead atoms. The van der Waals surface area contributed by atoms with E-state index in [4.69, 9.17) is 4.74 Å². The van der Waals surface area contributed by atoms with Crippen LogP contribution < -0.4 is 20.7 Å². The second kappa shape index (κ2) is 8.33. The van der Waals surface area contributed by atoms with Crippen LogP contribution in [0.4, 0.5) is 13.2 Å². The van der Waals surface area contributed by atoms with E-state index in [0.29, 0.717) is 3.69 Å². The van der Waals surface area contributed by atoms with E-state index >= 15 is 0 Å². The summed E-state index contributed by atoms with van der Waals surface area (Å²) in [5, 5.41) is 0. The predicted octanol–water partition coefficient (Wildman–Crippen LogP) is -1.30. The molecule has 1 aromatic rings. The fourth-order valence-electron chi connectivity index (χ4n) is 1.12. The van der Waals surface area contributed by atoms with E-state index in [1.165, 1.54) is 34.6 Å². The van der Waals surface area contributed by atoms with Gasteiger partial charge < -0.3 is 21.7 Å². The van der Waals surface area contributed by atoms with E-state index in [9.17, 15) is 13.2 Å². The van der Waals surface area contributed by atoms with Crippen LogP contribution in [0, 0.1) is 17.5 Å². The molecule has 86 valence electrons. The van der Waals surface area contributed by atoms with Crippen LogP contribution in [0.3, 0.4) is 0 Å². The Balaban J connectivity index is 0.000000318. The molecule has 1 aliphatic heterocycles. The first-order chi connectivity index (χ1) is 7.11. The Bertz CT molecular complexity index is 301. The van der Waals surface area contributed by atoms with Crippen molar-refractivity contribution in [2.75, 3.05) is 13.2 Å². The molecule has 0 aliphatic carbocycles. The Morgan fingerprint density at radius 3 is 1.75 bits per heavy atom. The Morgan fingerprint density at radius 1 is 1.00 bits per heavy atom. The molecular formula is C10H10BrF3MgO. The first-order valence-electron chi connectivity index (χ1n) is 4.65. The van der Waals surface area contributed by atoms with Crippen LogP contribution in [0.15, 0.2) is 12.1 Å². The first-order valence-corrected chi connectivity index (χ1v) is 5.36. The van der Waals surface area contributed by atoms with Gasteiger partial charge in [-0.3, -0.25) is 0 Å². The molecule has 0 amide bonds. The second-order valence-electron chi connectivity index (χ2n) is 3.19. The zero-order valence-electron chi connectivity index (χ0n) is 8.61. The fourth-order valence-corrected chi connectivity index (χ4v) is 1.48. The summed E-state index contributed by atoms with van der Waals surface area (Å²) in [6.07, 6.45) is 2.56. The van der Waals surface area contributed by atoms with Crippen molar-refractivity contribution in [3.63, 3.8) is 0 Å². The van der Waals surface area contributed by atoms with Gasteiger partial charge in [0.2, 0.25) is 0 Å². The normalized spacial score (nSPS) is 13.8. The summed E-state index contributed by atoms with van der Waals surface area (Å²) in [6.45, 7) is 2.00. The Hall–Kier alpha value is 0.216. The number of halogens is 4. The van der Waals surface area contributed by atoms with Gasteiger partial charge >= 0.3 is 68.2 Å². The van der Waals surface area contributed by atoms with Crippen LogP contribution >= 0.6 is 0 Å². The molecule has 1 aromatic carbocycles. The van der Waals surface area contributed by atoms with E-state index in [2.05, 4.69) is 0 Å².